The fourth-order valence-electron chi connectivity index (χ4n) is 2.75. The molecule has 0 aliphatic carbocycles. The van der Waals surface area contributed by atoms with Gasteiger partial charge in [0, 0.05) is 24.8 Å². The van der Waals surface area contributed by atoms with Crippen molar-refractivity contribution in [1.29, 1.82) is 0 Å². The Morgan fingerprint density at radius 3 is 2.67 bits per heavy atom. The Labute approximate surface area is 110 Å². The molecule has 4 nitrogen and oxygen atoms in total. The zero-order valence-electron chi connectivity index (χ0n) is 10.4. The molecular formula is C14H25N3O. The van der Waals surface area contributed by atoms with Crippen LogP contribution < -0.4 is 4.74 Å². The Hall–Kier alpha value is -1.03. The molecule has 1 aromatic rings. The normalized spacial score (nSPS) is 19.3. The predicted molar refractivity (Wildman–Crippen MR) is 73.1 cm³/mol. The summed E-state index contributed by atoms with van der Waals surface area (Å²) in [6.07, 6.45) is 6.39. The second-order valence-electron chi connectivity index (χ2n) is 5.05. The fraction of sp³-hybridized carbons (Fsp3) is 0.786. The van der Waals surface area contributed by atoms with Crippen molar-refractivity contribution in [3.8, 4) is 5.88 Å². The Morgan fingerprint density at radius 1 is 1.11 bits per heavy atom. The molecule has 102 valence electrons. The molecule has 0 bridgehead atoms. The fourth-order valence-corrected chi connectivity index (χ4v) is 2.75. The number of likely N-dealkylation sites (tertiary alicyclic amines) is 1. The highest BCUT2D eigenvalue weighted by atomic mass is 16.5. The van der Waals surface area contributed by atoms with Gasteiger partial charge < -0.3 is 4.74 Å². The van der Waals surface area contributed by atoms with Crippen LogP contribution in [0.5, 0.6) is 5.88 Å². The largest absolute Gasteiger partial charge is 0.475 e. The lowest BCUT2D eigenvalue weighted by atomic mass is 10.1. The van der Waals surface area contributed by atoms with Gasteiger partial charge in [-0.05, 0) is 45.2 Å². The summed E-state index contributed by atoms with van der Waals surface area (Å²) in [6.45, 7) is 5.36. The van der Waals surface area contributed by atoms with E-state index in [1.54, 1.807) is 0 Å². The molecule has 0 aromatic carbocycles. The highest BCUT2D eigenvalue weighted by Gasteiger charge is 2.14. The number of aromatic nitrogens is 2. The molecule has 2 aliphatic rings. The summed E-state index contributed by atoms with van der Waals surface area (Å²) in [5.74, 6) is 0.820. The van der Waals surface area contributed by atoms with Gasteiger partial charge in [-0.25, -0.2) is 0 Å². The minimum Gasteiger partial charge on any atom is -0.475 e. The molecule has 2 aliphatic heterocycles. The maximum absolute atomic E-state index is 5.75. The molecule has 3 rings (SSSR count). The van der Waals surface area contributed by atoms with Crippen LogP contribution >= 0.6 is 0 Å². The van der Waals surface area contributed by atoms with Gasteiger partial charge in [-0.1, -0.05) is 7.43 Å². The summed E-state index contributed by atoms with van der Waals surface area (Å²) in [7, 11) is 0. The van der Waals surface area contributed by atoms with Gasteiger partial charge in [0.05, 0.1) is 0 Å². The third kappa shape index (κ3) is 3.05. The van der Waals surface area contributed by atoms with Crippen molar-refractivity contribution in [3.05, 3.63) is 11.8 Å². The van der Waals surface area contributed by atoms with E-state index in [2.05, 4.69) is 20.7 Å². The van der Waals surface area contributed by atoms with Crippen LogP contribution in [0.25, 0.3) is 0 Å². The lowest BCUT2D eigenvalue weighted by Crippen LogP contribution is -2.25. The molecule has 0 unspecified atom stereocenters. The van der Waals surface area contributed by atoms with Gasteiger partial charge in [0.15, 0.2) is 0 Å². The number of hydrogen-bond acceptors (Lipinski definition) is 3. The quantitative estimate of drug-likeness (QED) is 0.823. The molecule has 3 heterocycles. The van der Waals surface area contributed by atoms with E-state index in [1.807, 2.05) is 0 Å². The molecule has 4 heteroatoms. The van der Waals surface area contributed by atoms with E-state index in [-0.39, 0.29) is 7.43 Å². The first-order valence-electron chi connectivity index (χ1n) is 6.84. The molecule has 0 atom stereocenters. The Morgan fingerprint density at radius 2 is 1.89 bits per heavy atom. The Balaban J connectivity index is 0.00000120. The van der Waals surface area contributed by atoms with Crippen molar-refractivity contribution in [2.75, 3.05) is 26.2 Å². The lowest BCUT2D eigenvalue weighted by Gasteiger charge is -2.13. The third-order valence-electron chi connectivity index (χ3n) is 3.75. The molecule has 0 radical (unpaired) electrons. The van der Waals surface area contributed by atoms with Crippen molar-refractivity contribution >= 4 is 0 Å². The minimum atomic E-state index is 0. The smallest absolute Gasteiger partial charge is 0.233 e. The van der Waals surface area contributed by atoms with Crippen LogP contribution in [-0.2, 0) is 13.0 Å². The minimum absolute atomic E-state index is 0. The number of aryl methyl sites for hydroxylation is 2. The predicted octanol–water partition coefficient (Wildman–Crippen LogP) is 2.33. The van der Waals surface area contributed by atoms with E-state index in [4.69, 9.17) is 4.74 Å². The second-order valence-corrected chi connectivity index (χ2v) is 5.05. The Bertz CT molecular complexity index is 346. The van der Waals surface area contributed by atoms with Gasteiger partial charge in [-0.3, -0.25) is 9.58 Å². The number of rotatable bonds is 4. The molecule has 18 heavy (non-hydrogen) atoms. The second kappa shape index (κ2) is 6.23. The lowest BCUT2D eigenvalue weighted by molar-refractivity contribution is 0.230. The van der Waals surface area contributed by atoms with E-state index in [0.717, 1.165) is 32.0 Å². The molecular weight excluding hydrogens is 226 g/mol. The van der Waals surface area contributed by atoms with Crippen molar-refractivity contribution in [2.45, 2.75) is 46.1 Å². The van der Waals surface area contributed by atoms with Crippen LogP contribution in [0.3, 0.4) is 0 Å². The molecule has 0 spiro atoms. The van der Waals surface area contributed by atoms with E-state index in [0.29, 0.717) is 0 Å². The van der Waals surface area contributed by atoms with Crippen LogP contribution in [0, 0.1) is 0 Å². The first-order valence-corrected chi connectivity index (χ1v) is 6.84. The topological polar surface area (TPSA) is 30.3 Å². The zero-order chi connectivity index (χ0) is 11.5. The van der Waals surface area contributed by atoms with Crippen LogP contribution in [0.4, 0.5) is 0 Å². The summed E-state index contributed by atoms with van der Waals surface area (Å²) in [5.41, 5.74) is 1.34. The highest BCUT2D eigenvalue weighted by molar-refractivity contribution is 5.16. The van der Waals surface area contributed by atoms with Crippen molar-refractivity contribution in [3.63, 3.8) is 0 Å². The molecule has 0 N–H and O–H groups in total. The standard InChI is InChI=1S/C13H21N3O.CH4/c1-2-8-16-12(5-1)11-13(14-16)17-10-9-15-6-3-4-7-15;/h11H,1-10H2;1H4. The number of nitrogens with zero attached hydrogens (tertiary/aromatic N) is 3. The van der Waals surface area contributed by atoms with Crippen LogP contribution in [-0.4, -0.2) is 40.9 Å². The first-order chi connectivity index (χ1) is 8.42. The third-order valence-corrected chi connectivity index (χ3v) is 3.75. The van der Waals surface area contributed by atoms with Gasteiger partial charge in [0.1, 0.15) is 6.61 Å². The van der Waals surface area contributed by atoms with Crippen LogP contribution in [0.15, 0.2) is 6.07 Å². The molecule has 1 saturated heterocycles. The van der Waals surface area contributed by atoms with Gasteiger partial charge >= 0.3 is 0 Å². The van der Waals surface area contributed by atoms with Crippen molar-refractivity contribution in [1.82, 2.24) is 14.7 Å². The van der Waals surface area contributed by atoms with Gasteiger partial charge in [0.25, 0.3) is 0 Å². The summed E-state index contributed by atoms with van der Waals surface area (Å²) >= 11 is 0. The summed E-state index contributed by atoms with van der Waals surface area (Å²) in [5, 5.41) is 4.49. The maximum Gasteiger partial charge on any atom is 0.233 e. The van der Waals surface area contributed by atoms with Gasteiger partial charge in [0.2, 0.25) is 5.88 Å². The van der Waals surface area contributed by atoms with Crippen molar-refractivity contribution < 1.29 is 4.74 Å². The molecule has 0 saturated carbocycles. The van der Waals surface area contributed by atoms with Crippen LogP contribution in [0.2, 0.25) is 0 Å². The summed E-state index contributed by atoms with van der Waals surface area (Å²) in [6, 6.07) is 2.11. The van der Waals surface area contributed by atoms with E-state index < -0.39 is 0 Å². The molecule has 1 aromatic heterocycles. The molecule has 1 fully saturated rings. The van der Waals surface area contributed by atoms with E-state index in [1.165, 1.54) is 44.5 Å². The van der Waals surface area contributed by atoms with Crippen molar-refractivity contribution in [2.24, 2.45) is 0 Å². The Kier molecular flexibility index (Phi) is 4.64. The van der Waals surface area contributed by atoms with Gasteiger partial charge in [-0.2, -0.15) is 0 Å². The zero-order valence-corrected chi connectivity index (χ0v) is 10.4. The maximum atomic E-state index is 5.75. The van der Waals surface area contributed by atoms with E-state index >= 15 is 0 Å². The van der Waals surface area contributed by atoms with E-state index in [9.17, 15) is 0 Å². The SMILES string of the molecule is C.c1c(OCCN2CCCC2)nn2c1CCCC2. The molecule has 0 amide bonds. The average molecular weight is 251 g/mol. The summed E-state index contributed by atoms with van der Waals surface area (Å²) < 4.78 is 7.85. The summed E-state index contributed by atoms with van der Waals surface area (Å²) in [4.78, 5) is 2.47. The van der Waals surface area contributed by atoms with Gasteiger partial charge in [-0.15, -0.1) is 5.10 Å². The number of hydrogen-bond donors (Lipinski definition) is 0. The monoisotopic (exact) mass is 251 g/mol. The van der Waals surface area contributed by atoms with Crippen LogP contribution in [0.1, 0.15) is 38.8 Å². The highest BCUT2D eigenvalue weighted by Crippen LogP contribution is 2.19. The first kappa shape index (κ1) is 13.4. The average Bonchev–Trinajstić information content (AvgIpc) is 2.96. The number of ether oxygens (including phenoxy) is 1. The number of fused-ring (bicyclic) bond motifs is 1.